The van der Waals surface area contributed by atoms with Gasteiger partial charge in [-0.2, -0.15) is 0 Å². The molecule has 1 amide bonds. The van der Waals surface area contributed by atoms with Crippen LogP contribution in [-0.4, -0.2) is 29.8 Å². The predicted molar refractivity (Wildman–Crippen MR) is 105 cm³/mol. The largest absolute Gasteiger partial charge is 0.460 e. The molecule has 0 aromatic heterocycles. The molecular formula is C22H31NO4. The van der Waals surface area contributed by atoms with E-state index in [1.54, 1.807) is 0 Å². The maximum Gasteiger partial charge on any atom is 0.408 e. The summed E-state index contributed by atoms with van der Waals surface area (Å²) in [5.74, 6) is -0.290. The van der Waals surface area contributed by atoms with Crippen molar-refractivity contribution in [1.82, 2.24) is 5.32 Å². The summed E-state index contributed by atoms with van der Waals surface area (Å²) in [6.45, 7) is 9.19. The van der Waals surface area contributed by atoms with Crippen LogP contribution in [0.5, 0.6) is 0 Å². The topological polar surface area (TPSA) is 64.6 Å². The van der Waals surface area contributed by atoms with Crippen LogP contribution in [0.25, 0.3) is 0 Å². The Bertz CT molecular complexity index is 635. The molecule has 0 unspecified atom stereocenters. The van der Waals surface area contributed by atoms with E-state index in [4.69, 9.17) is 9.47 Å². The Morgan fingerprint density at radius 1 is 1.37 bits per heavy atom. The number of rotatable bonds is 8. The molecule has 1 aromatic rings. The van der Waals surface area contributed by atoms with Gasteiger partial charge in [0.2, 0.25) is 0 Å². The Kier molecular flexibility index (Phi) is 7.45. The molecule has 0 aliphatic carbocycles. The van der Waals surface area contributed by atoms with E-state index in [-0.39, 0.29) is 24.0 Å². The first-order valence-electron chi connectivity index (χ1n) is 9.63. The highest BCUT2D eigenvalue weighted by molar-refractivity contribution is 5.75. The zero-order valence-electron chi connectivity index (χ0n) is 16.6. The average Bonchev–Trinajstić information content (AvgIpc) is 2.95. The summed E-state index contributed by atoms with van der Waals surface area (Å²) < 4.78 is 11.0. The SMILES string of the molecule is C=CCCC[C@@H]1C[C@H]([C@H](Cc2ccccc2)NC(=O)OC(C)(C)C)OC1=O. The molecule has 1 saturated heterocycles. The summed E-state index contributed by atoms with van der Waals surface area (Å²) in [6, 6.07) is 9.54. The minimum atomic E-state index is -0.582. The zero-order valence-corrected chi connectivity index (χ0v) is 16.6. The smallest absolute Gasteiger partial charge is 0.408 e. The number of hydrogen-bond acceptors (Lipinski definition) is 4. The fraction of sp³-hybridized carbons (Fsp3) is 0.545. The van der Waals surface area contributed by atoms with Crippen molar-refractivity contribution in [3.8, 4) is 0 Å². The highest BCUT2D eigenvalue weighted by Crippen LogP contribution is 2.29. The molecule has 148 valence electrons. The van der Waals surface area contributed by atoms with E-state index in [1.807, 2.05) is 57.2 Å². The summed E-state index contributed by atoms with van der Waals surface area (Å²) in [4.78, 5) is 24.6. The maximum atomic E-state index is 12.3. The Balaban J connectivity index is 2.06. The number of cyclic esters (lactones) is 1. The molecule has 1 aliphatic heterocycles. The quantitative estimate of drug-likeness (QED) is 0.416. The molecule has 2 rings (SSSR count). The Morgan fingerprint density at radius 3 is 2.70 bits per heavy atom. The van der Waals surface area contributed by atoms with Crippen LogP contribution in [0.1, 0.15) is 52.0 Å². The van der Waals surface area contributed by atoms with Crippen molar-refractivity contribution in [2.75, 3.05) is 0 Å². The number of unbranched alkanes of at least 4 members (excludes halogenated alkanes) is 1. The van der Waals surface area contributed by atoms with Gasteiger partial charge in [-0.25, -0.2) is 4.79 Å². The van der Waals surface area contributed by atoms with Crippen LogP contribution in [0.2, 0.25) is 0 Å². The molecule has 1 N–H and O–H groups in total. The van der Waals surface area contributed by atoms with Crippen molar-refractivity contribution in [1.29, 1.82) is 0 Å². The van der Waals surface area contributed by atoms with E-state index < -0.39 is 11.7 Å². The Labute approximate surface area is 162 Å². The van der Waals surface area contributed by atoms with E-state index in [0.29, 0.717) is 12.8 Å². The Hall–Kier alpha value is -2.30. The van der Waals surface area contributed by atoms with E-state index in [2.05, 4.69) is 11.9 Å². The lowest BCUT2D eigenvalue weighted by Gasteiger charge is -2.26. The summed E-state index contributed by atoms with van der Waals surface area (Å²) in [5.41, 5.74) is 0.491. The van der Waals surface area contributed by atoms with Crippen LogP contribution in [0.4, 0.5) is 4.79 Å². The van der Waals surface area contributed by atoms with Gasteiger partial charge >= 0.3 is 12.1 Å². The van der Waals surface area contributed by atoms with Crippen LogP contribution in [0.15, 0.2) is 43.0 Å². The monoisotopic (exact) mass is 373 g/mol. The highest BCUT2D eigenvalue weighted by Gasteiger charge is 2.39. The van der Waals surface area contributed by atoms with Crippen LogP contribution in [0, 0.1) is 5.92 Å². The lowest BCUT2D eigenvalue weighted by molar-refractivity contribution is -0.145. The van der Waals surface area contributed by atoms with Gasteiger partial charge in [0.1, 0.15) is 11.7 Å². The number of esters is 1. The summed E-state index contributed by atoms with van der Waals surface area (Å²) in [7, 11) is 0. The van der Waals surface area contributed by atoms with Crippen molar-refractivity contribution in [3.05, 3.63) is 48.6 Å². The van der Waals surface area contributed by atoms with Gasteiger partial charge in [-0.3, -0.25) is 4.79 Å². The third kappa shape index (κ3) is 7.08. The average molecular weight is 373 g/mol. The van der Waals surface area contributed by atoms with E-state index in [0.717, 1.165) is 24.8 Å². The van der Waals surface area contributed by atoms with Gasteiger partial charge in [-0.1, -0.05) is 36.4 Å². The number of alkyl carbamates (subject to hydrolysis) is 1. The minimum Gasteiger partial charge on any atom is -0.460 e. The number of ether oxygens (including phenoxy) is 2. The molecule has 27 heavy (non-hydrogen) atoms. The van der Waals surface area contributed by atoms with Gasteiger partial charge in [0.25, 0.3) is 0 Å². The normalized spacial score (nSPS) is 20.6. The van der Waals surface area contributed by atoms with Crippen LogP contribution in [0.3, 0.4) is 0 Å². The standard InChI is InChI=1S/C22H31NO4/c1-5-6-8-13-17-15-19(26-20(17)24)18(14-16-11-9-7-10-12-16)23-21(25)27-22(2,3)4/h5,7,9-12,17-19H,1,6,8,13-15H2,2-4H3,(H,23,25)/t17-,18+,19-/m1/s1. The molecule has 1 aromatic carbocycles. The van der Waals surface area contributed by atoms with Gasteiger partial charge in [0.15, 0.2) is 0 Å². The third-order valence-corrected chi connectivity index (χ3v) is 4.53. The number of nitrogens with one attached hydrogen (secondary N) is 1. The number of amides is 1. The van der Waals surface area contributed by atoms with Gasteiger partial charge in [-0.05, 0) is 58.4 Å². The van der Waals surface area contributed by atoms with Crippen molar-refractivity contribution in [3.63, 3.8) is 0 Å². The molecule has 0 bridgehead atoms. The second kappa shape index (κ2) is 9.58. The molecule has 3 atom stereocenters. The second-order valence-electron chi connectivity index (χ2n) is 8.07. The minimum absolute atomic E-state index is 0.117. The molecular weight excluding hydrogens is 342 g/mol. The van der Waals surface area contributed by atoms with Gasteiger partial charge < -0.3 is 14.8 Å². The van der Waals surface area contributed by atoms with Crippen LogP contribution < -0.4 is 5.32 Å². The van der Waals surface area contributed by atoms with Crippen molar-refractivity contribution < 1.29 is 19.1 Å². The number of carbonyl (C=O) groups is 2. The van der Waals surface area contributed by atoms with Crippen molar-refractivity contribution >= 4 is 12.1 Å². The van der Waals surface area contributed by atoms with E-state index in [1.165, 1.54) is 0 Å². The summed E-state index contributed by atoms with van der Waals surface area (Å²) in [5, 5.41) is 2.92. The molecule has 0 radical (unpaired) electrons. The third-order valence-electron chi connectivity index (χ3n) is 4.53. The van der Waals surface area contributed by atoms with E-state index in [9.17, 15) is 9.59 Å². The molecule has 1 fully saturated rings. The first-order valence-corrected chi connectivity index (χ1v) is 9.63. The van der Waals surface area contributed by atoms with Crippen LogP contribution in [-0.2, 0) is 20.7 Å². The van der Waals surface area contributed by atoms with Crippen molar-refractivity contribution in [2.45, 2.75) is 70.6 Å². The molecule has 0 saturated carbocycles. The van der Waals surface area contributed by atoms with Gasteiger partial charge in [-0.15, -0.1) is 6.58 Å². The lowest BCUT2D eigenvalue weighted by Crippen LogP contribution is -2.46. The summed E-state index contributed by atoms with van der Waals surface area (Å²) in [6.07, 6.45) is 4.80. The van der Waals surface area contributed by atoms with Crippen LogP contribution >= 0.6 is 0 Å². The molecule has 0 spiro atoms. The fourth-order valence-corrected chi connectivity index (χ4v) is 3.26. The number of allylic oxidation sites excluding steroid dienone is 1. The number of benzene rings is 1. The molecule has 5 nitrogen and oxygen atoms in total. The lowest BCUT2D eigenvalue weighted by atomic mass is 9.93. The van der Waals surface area contributed by atoms with Crippen molar-refractivity contribution in [2.24, 2.45) is 5.92 Å². The van der Waals surface area contributed by atoms with Gasteiger partial charge in [0, 0.05) is 0 Å². The van der Waals surface area contributed by atoms with E-state index >= 15 is 0 Å². The summed E-state index contributed by atoms with van der Waals surface area (Å²) >= 11 is 0. The molecule has 5 heteroatoms. The highest BCUT2D eigenvalue weighted by atomic mass is 16.6. The Morgan fingerprint density at radius 2 is 2.07 bits per heavy atom. The second-order valence-corrected chi connectivity index (χ2v) is 8.07. The van der Waals surface area contributed by atoms with Gasteiger partial charge in [0.05, 0.1) is 12.0 Å². The first-order chi connectivity index (χ1) is 12.8. The number of hydrogen-bond donors (Lipinski definition) is 1. The first kappa shape index (κ1) is 21.0. The fourth-order valence-electron chi connectivity index (χ4n) is 3.26. The molecule has 1 aliphatic rings. The number of carbonyl (C=O) groups excluding carboxylic acids is 2. The maximum absolute atomic E-state index is 12.3. The zero-order chi connectivity index (χ0) is 19.9. The predicted octanol–water partition coefficient (Wildman–Crippen LogP) is 4.41. The molecule has 1 heterocycles.